The van der Waals surface area contributed by atoms with Crippen LogP contribution in [0.2, 0.25) is 0 Å². The maximum Gasteiger partial charge on any atom is 0.143 e. The van der Waals surface area contributed by atoms with Crippen molar-refractivity contribution in [3.8, 4) is 0 Å². The van der Waals surface area contributed by atoms with Crippen molar-refractivity contribution in [2.75, 3.05) is 39.6 Å². The number of ether oxygens (including phenoxy) is 4. The Bertz CT molecular complexity index is 1750. The molecule has 1 unspecified atom stereocenters. The fourth-order valence-electron chi connectivity index (χ4n) is 6.70. The van der Waals surface area contributed by atoms with E-state index in [2.05, 4.69) is 82.8 Å². The van der Waals surface area contributed by atoms with Crippen LogP contribution < -0.4 is 0 Å². The van der Waals surface area contributed by atoms with E-state index in [1.54, 1.807) is 0 Å². The molecule has 1 atom stereocenters. The number of benzene rings is 6. The molecule has 0 aromatic heterocycles. The van der Waals surface area contributed by atoms with Gasteiger partial charge in [-0.1, -0.05) is 187 Å². The zero-order valence-corrected chi connectivity index (χ0v) is 29.1. The topological polar surface area (TPSA) is 85.7 Å². The predicted octanol–water partition coefficient (Wildman–Crippen LogP) is 9.72. The molecule has 0 aliphatic carbocycles. The maximum absolute atomic E-state index is 9.11. The van der Waals surface area contributed by atoms with Gasteiger partial charge in [0.25, 0.3) is 0 Å². The third-order valence-electron chi connectivity index (χ3n) is 9.04. The van der Waals surface area contributed by atoms with Crippen LogP contribution in [0, 0.1) is 0 Å². The molecule has 0 radical (unpaired) electrons. The van der Waals surface area contributed by atoms with Gasteiger partial charge in [-0.2, -0.15) is 0 Å². The molecule has 7 heteroatoms. The van der Waals surface area contributed by atoms with Crippen LogP contribution in [-0.4, -0.2) is 45.7 Å². The fourth-order valence-corrected chi connectivity index (χ4v) is 6.70. The van der Waals surface area contributed by atoms with E-state index in [0.29, 0.717) is 13.2 Å². The smallest absolute Gasteiger partial charge is 0.143 e. The zero-order chi connectivity index (χ0) is 35.7. The Hall–Kier alpha value is -5.53. The van der Waals surface area contributed by atoms with Crippen LogP contribution in [0.1, 0.15) is 33.4 Å². The van der Waals surface area contributed by atoms with Crippen LogP contribution in [0.4, 0.5) is 0 Å². The molecule has 0 N–H and O–H groups in total. The van der Waals surface area contributed by atoms with Crippen LogP contribution in [0.15, 0.2) is 187 Å². The molecule has 52 heavy (non-hydrogen) atoms. The average Bonchev–Trinajstić information content (AvgIpc) is 3.23. The second kappa shape index (κ2) is 18.6. The Morgan fingerprint density at radius 3 is 1.06 bits per heavy atom. The number of azide groups is 1. The summed E-state index contributed by atoms with van der Waals surface area (Å²) in [5.74, 6) is 0. The quantitative estimate of drug-likeness (QED) is 0.0279. The van der Waals surface area contributed by atoms with Gasteiger partial charge in [0.15, 0.2) is 0 Å². The van der Waals surface area contributed by atoms with Crippen LogP contribution >= 0.6 is 0 Å². The number of hydrogen-bond acceptors (Lipinski definition) is 5. The summed E-state index contributed by atoms with van der Waals surface area (Å²) in [6, 6.07) is 61.4. The first-order chi connectivity index (χ1) is 25.8. The largest absolute Gasteiger partial charge is 0.376 e. The summed E-state index contributed by atoms with van der Waals surface area (Å²) in [6.45, 7) is 1.50. The van der Waals surface area contributed by atoms with E-state index in [1.807, 2.05) is 109 Å². The van der Waals surface area contributed by atoms with E-state index in [9.17, 15) is 0 Å². The van der Waals surface area contributed by atoms with Crippen molar-refractivity contribution in [3.05, 3.63) is 226 Å². The van der Waals surface area contributed by atoms with Crippen LogP contribution in [0.5, 0.6) is 0 Å². The molecule has 7 nitrogen and oxygen atoms in total. The average molecular weight is 690 g/mol. The molecule has 262 valence electrons. The van der Waals surface area contributed by atoms with Crippen molar-refractivity contribution in [2.45, 2.75) is 17.3 Å². The van der Waals surface area contributed by atoms with Gasteiger partial charge in [-0.25, -0.2) is 0 Å². The Labute approximate surface area is 306 Å². The summed E-state index contributed by atoms with van der Waals surface area (Å²) in [5.41, 5.74) is 13.5. The Balaban J connectivity index is 1.13. The zero-order valence-electron chi connectivity index (χ0n) is 29.1. The molecule has 6 aromatic carbocycles. The van der Waals surface area contributed by atoms with E-state index < -0.39 is 17.3 Å². The van der Waals surface area contributed by atoms with E-state index >= 15 is 0 Å². The molecular formula is C45H43N3O4. The number of nitrogens with zero attached hydrogens (tertiary/aromatic N) is 3. The lowest BCUT2D eigenvalue weighted by atomic mass is 9.80. The molecule has 0 spiro atoms. The third-order valence-corrected chi connectivity index (χ3v) is 9.04. The van der Waals surface area contributed by atoms with Gasteiger partial charge in [-0.15, -0.1) is 0 Å². The van der Waals surface area contributed by atoms with E-state index in [0.717, 1.165) is 33.4 Å². The second-order valence-corrected chi connectivity index (χ2v) is 12.2. The SMILES string of the molecule is [N-]=[N+]=NCC(COCCOC(c1ccccc1)(c1ccccc1)c1ccccc1)OCCOC(c1ccccc1)(c1ccccc1)c1ccccc1. The molecule has 0 saturated heterocycles. The lowest BCUT2D eigenvalue weighted by molar-refractivity contribution is -0.0727. The molecule has 0 heterocycles. The first-order valence-corrected chi connectivity index (χ1v) is 17.6. The molecule has 0 fully saturated rings. The van der Waals surface area contributed by atoms with Gasteiger partial charge < -0.3 is 18.9 Å². The highest BCUT2D eigenvalue weighted by Gasteiger charge is 2.38. The fraction of sp³-hybridized carbons (Fsp3) is 0.200. The minimum absolute atomic E-state index is 0.126. The van der Waals surface area contributed by atoms with Crippen LogP contribution in [-0.2, 0) is 30.1 Å². The van der Waals surface area contributed by atoms with Gasteiger partial charge in [0.05, 0.1) is 45.7 Å². The third kappa shape index (κ3) is 8.49. The molecule has 6 rings (SSSR count). The summed E-state index contributed by atoms with van der Waals surface area (Å²) in [5, 5.41) is 3.80. The van der Waals surface area contributed by atoms with Crippen LogP contribution in [0.25, 0.3) is 10.4 Å². The Kier molecular flexibility index (Phi) is 13.0. The Morgan fingerprint density at radius 2 is 0.750 bits per heavy atom. The monoisotopic (exact) mass is 689 g/mol. The van der Waals surface area contributed by atoms with Gasteiger partial charge in [0.2, 0.25) is 0 Å². The van der Waals surface area contributed by atoms with Crippen molar-refractivity contribution in [3.63, 3.8) is 0 Å². The minimum Gasteiger partial charge on any atom is -0.376 e. The van der Waals surface area contributed by atoms with Crippen molar-refractivity contribution in [1.82, 2.24) is 0 Å². The Morgan fingerprint density at radius 1 is 0.442 bits per heavy atom. The highest BCUT2D eigenvalue weighted by molar-refractivity contribution is 5.48. The standard InChI is InChI=1S/C45H43N3O4/c46-48-47-35-43(50-32-34-52-45(40-25-13-4-14-26-40,41-27-15-5-16-28-41)42-29-17-6-18-30-42)36-49-31-33-51-44(37-19-7-1-8-20-37,38-21-9-2-10-22-38)39-23-11-3-12-24-39/h1-30,43H,31-36H2. The first-order valence-electron chi connectivity index (χ1n) is 17.6. The molecule has 0 bridgehead atoms. The summed E-state index contributed by atoms with van der Waals surface area (Å²) in [6.07, 6.45) is -0.471. The van der Waals surface area contributed by atoms with Gasteiger partial charge in [0.1, 0.15) is 11.2 Å². The molecule has 0 amide bonds. The molecule has 0 saturated carbocycles. The normalized spacial score (nSPS) is 12.2. The van der Waals surface area contributed by atoms with Crippen molar-refractivity contribution in [2.24, 2.45) is 5.11 Å². The van der Waals surface area contributed by atoms with Gasteiger partial charge in [-0.05, 0) is 38.9 Å². The van der Waals surface area contributed by atoms with E-state index in [-0.39, 0.29) is 26.4 Å². The predicted molar refractivity (Wildman–Crippen MR) is 205 cm³/mol. The summed E-state index contributed by atoms with van der Waals surface area (Å²) < 4.78 is 26.1. The summed E-state index contributed by atoms with van der Waals surface area (Å²) in [7, 11) is 0. The molecule has 0 aliphatic heterocycles. The number of hydrogen-bond donors (Lipinski definition) is 0. The second-order valence-electron chi connectivity index (χ2n) is 12.2. The lowest BCUT2D eigenvalue weighted by Gasteiger charge is -2.36. The number of rotatable bonds is 19. The summed E-state index contributed by atoms with van der Waals surface area (Å²) in [4.78, 5) is 2.97. The van der Waals surface area contributed by atoms with Crippen molar-refractivity contribution < 1.29 is 18.9 Å². The maximum atomic E-state index is 9.11. The van der Waals surface area contributed by atoms with Gasteiger partial charge >= 0.3 is 0 Å². The lowest BCUT2D eigenvalue weighted by Crippen LogP contribution is -2.35. The van der Waals surface area contributed by atoms with Crippen LogP contribution in [0.3, 0.4) is 0 Å². The molecule has 6 aromatic rings. The highest BCUT2D eigenvalue weighted by atomic mass is 16.6. The first kappa shape index (κ1) is 36.3. The van der Waals surface area contributed by atoms with Crippen molar-refractivity contribution >= 4 is 0 Å². The van der Waals surface area contributed by atoms with Crippen molar-refractivity contribution in [1.29, 1.82) is 0 Å². The minimum atomic E-state index is -0.857. The molecule has 0 aliphatic rings. The summed E-state index contributed by atoms with van der Waals surface area (Å²) >= 11 is 0. The molecular weight excluding hydrogens is 647 g/mol. The van der Waals surface area contributed by atoms with Gasteiger partial charge in [-0.3, -0.25) is 0 Å². The van der Waals surface area contributed by atoms with Gasteiger partial charge in [0, 0.05) is 4.91 Å². The van der Waals surface area contributed by atoms with E-state index in [1.165, 1.54) is 0 Å². The highest BCUT2D eigenvalue weighted by Crippen LogP contribution is 2.41. The van der Waals surface area contributed by atoms with E-state index in [4.69, 9.17) is 24.5 Å².